The second-order valence-corrected chi connectivity index (χ2v) is 3.16. The van der Waals surface area contributed by atoms with E-state index in [9.17, 15) is 4.79 Å². The van der Waals surface area contributed by atoms with Gasteiger partial charge in [0.15, 0.2) is 0 Å². The normalized spacial score (nSPS) is 10.3. The fraction of sp³-hybridized carbons (Fsp3) is 0.182. The molecule has 0 radical (unpaired) electrons. The molecular formula is C11H11ClO3. The van der Waals surface area contributed by atoms with Crippen LogP contribution in [0.1, 0.15) is 5.56 Å². The van der Waals surface area contributed by atoms with Crippen molar-refractivity contribution in [2.24, 2.45) is 0 Å². The lowest BCUT2D eigenvalue weighted by molar-refractivity contribution is -0.134. The zero-order valence-corrected chi connectivity index (χ0v) is 9.25. The lowest BCUT2D eigenvalue weighted by Crippen LogP contribution is -1.93. The minimum absolute atomic E-state index is 0.401. The van der Waals surface area contributed by atoms with Gasteiger partial charge in [0.05, 0.1) is 19.2 Å². The molecule has 0 aliphatic heterocycles. The fourth-order valence-corrected chi connectivity index (χ4v) is 1.28. The lowest BCUT2D eigenvalue weighted by atomic mass is 10.2. The number of carbonyl (C=O) groups is 1. The van der Waals surface area contributed by atoms with Gasteiger partial charge in [-0.25, -0.2) is 4.79 Å². The molecule has 1 aromatic carbocycles. The van der Waals surface area contributed by atoms with Gasteiger partial charge >= 0.3 is 5.97 Å². The van der Waals surface area contributed by atoms with Crippen LogP contribution in [0.3, 0.4) is 0 Å². The average molecular weight is 227 g/mol. The van der Waals surface area contributed by atoms with E-state index in [-0.39, 0.29) is 0 Å². The molecule has 15 heavy (non-hydrogen) atoms. The van der Waals surface area contributed by atoms with E-state index in [4.69, 9.17) is 16.3 Å². The Hall–Kier alpha value is -1.48. The molecule has 0 unspecified atom stereocenters. The number of benzene rings is 1. The minimum Gasteiger partial charge on any atom is -0.495 e. The Balaban J connectivity index is 2.84. The summed E-state index contributed by atoms with van der Waals surface area (Å²) in [5.41, 5.74) is 0.811. The molecule has 0 aliphatic carbocycles. The van der Waals surface area contributed by atoms with Crippen molar-refractivity contribution in [2.75, 3.05) is 14.2 Å². The van der Waals surface area contributed by atoms with E-state index < -0.39 is 5.97 Å². The van der Waals surface area contributed by atoms with Gasteiger partial charge in [0.2, 0.25) is 0 Å². The van der Waals surface area contributed by atoms with E-state index in [0.717, 1.165) is 5.56 Å². The first-order valence-corrected chi connectivity index (χ1v) is 4.64. The van der Waals surface area contributed by atoms with E-state index in [1.54, 1.807) is 31.4 Å². The quantitative estimate of drug-likeness (QED) is 0.587. The zero-order valence-electron chi connectivity index (χ0n) is 8.49. The number of hydrogen-bond acceptors (Lipinski definition) is 3. The number of halogens is 1. The maximum atomic E-state index is 10.8. The molecule has 0 spiro atoms. The molecular weight excluding hydrogens is 216 g/mol. The highest BCUT2D eigenvalue weighted by molar-refractivity contribution is 6.32. The van der Waals surface area contributed by atoms with Crippen LogP contribution < -0.4 is 4.74 Å². The summed E-state index contributed by atoms with van der Waals surface area (Å²) in [6, 6.07) is 5.24. The molecule has 80 valence electrons. The van der Waals surface area contributed by atoms with Crippen LogP contribution in [0.2, 0.25) is 5.02 Å². The first-order chi connectivity index (χ1) is 7.17. The second kappa shape index (κ2) is 5.41. The van der Waals surface area contributed by atoms with Gasteiger partial charge in [-0.3, -0.25) is 0 Å². The summed E-state index contributed by atoms with van der Waals surface area (Å²) in [7, 11) is 2.87. The summed E-state index contributed by atoms with van der Waals surface area (Å²) in [6.07, 6.45) is 2.95. The molecule has 0 amide bonds. The number of ether oxygens (including phenoxy) is 2. The van der Waals surface area contributed by atoms with Crippen molar-refractivity contribution in [3.8, 4) is 5.75 Å². The van der Waals surface area contributed by atoms with E-state index in [1.807, 2.05) is 0 Å². The summed E-state index contributed by atoms with van der Waals surface area (Å²) in [6.45, 7) is 0. The Labute approximate surface area is 93.3 Å². The highest BCUT2D eigenvalue weighted by Gasteiger charge is 2.00. The zero-order chi connectivity index (χ0) is 11.3. The first kappa shape index (κ1) is 11.6. The van der Waals surface area contributed by atoms with E-state index in [0.29, 0.717) is 10.8 Å². The van der Waals surface area contributed by atoms with Gasteiger partial charge in [-0.05, 0) is 23.8 Å². The van der Waals surface area contributed by atoms with Gasteiger partial charge in [-0.2, -0.15) is 0 Å². The van der Waals surface area contributed by atoms with Crippen molar-refractivity contribution in [3.63, 3.8) is 0 Å². The summed E-state index contributed by atoms with van der Waals surface area (Å²) in [5.74, 6) is 0.203. The molecule has 0 saturated carbocycles. The molecule has 0 aromatic heterocycles. The van der Waals surface area contributed by atoms with Crippen molar-refractivity contribution >= 4 is 23.6 Å². The average Bonchev–Trinajstić information content (AvgIpc) is 2.26. The Bertz CT molecular complexity index is 385. The van der Waals surface area contributed by atoms with Gasteiger partial charge in [-0.1, -0.05) is 17.7 Å². The molecule has 4 heteroatoms. The van der Waals surface area contributed by atoms with Crippen LogP contribution in [-0.4, -0.2) is 20.2 Å². The van der Waals surface area contributed by atoms with Crippen LogP contribution >= 0.6 is 11.6 Å². The highest BCUT2D eigenvalue weighted by Crippen LogP contribution is 2.25. The van der Waals surface area contributed by atoms with Crippen molar-refractivity contribution in [1.29, 1.82) is 0 Å². The Morgan fingerprint density at radius 1 is 1.40 bits per heavy atom. The van der Waals surface area contributed by atoms with Crippen molar-refractivity contribution in [3.05, 3.63) is 34.9 Å². The molecule has 0 bridgehead atoms. The van der Waals surface area contributed by atoms with E-state index in [1.165, 1.54) is 13.2 Å². The number of rotatable bonds is 3. The number of carbonyl (C=O) groups excluding carboxylic acids is 1. The Morgan fingerprint density at radius 2 is 2.13 bits per heavy atom. The standard InChI is InChI=1S/C11H11ClO3/c1-14-10-5-3-8(7-9(10)12)4-6-11(13)15-2/h3-7H,1-2H3. The van der Waals surface area contributed by atoms with Crippen molar-refractivity contribution in [1.82, 2.24) is 0 Å². The molecule has 0 aliphatic rings. The lowest BCUT2D eigenvalue weighted by Gasteiger charge is -2.02. The van der Waals surface area contributed by atoms with Crippen LogP contribution in [0.15, 0.2) is 24.3 Å². The first-order valence-electron chi connectivity index (χ1n) is 4.27. The number of hydrogen-bond donors (Lipinski definition) is 0. The molecule has 0 saturated heterocycles. The molecule has 1 rings (SSSR count). The van der Waals surface area contributed by atoms with Gasteiger partial charge < -0.3 is 9.47 Å². The predicted molar refractivity (Wildman–Crippen MR) is 59.1 cm³/mol. The van der Waals surface area contributed by atoms with Crippen molar-refractivity contribution < 1.29 is 14.3 Å². The van der Waals surface area contributed by atoms with Gasteiger partial charge in [0, 0.05) is 6.08 Å². The van der Waals surface area contributed by atoms with Crippen LogP contribution in [0.4, 0.5) is 0 Å². The van der Waals surface area contributed by atoms with Crippen LogP contribution in [-0.2, 0) is 9.53 Å². The highest BCUT2D eigenvalue weighted by atomic mass is 35.5. The smallest absolute Gasteiger partial charge is 0.330 e. The van der Waals surface area contributed by atoms with Crippen LogP contribution in [0, 0.1) is 0 Å². The van der Waals surface area contributed by atoms with E-state index in [2.05, 4.69) is 4.74 Å². The molecule has 1 aromatic rings. The molecule has 0 fully saturated rings. The maximum Gasteiger partial charge on any atom is 0.330 e. The molecule has 0 N–H and O–H groups in total. The topological polar surface area (TPSA) is 35.5 Å². The predicted octanol–water partition coefficient (Wildman–Crippen LogP) is 2.53. The van der Waals surface area contributed by atoms with Crippen LogP contribution in [0.5, 0.6) is 5.75 Å². The monoisotopic (exact) mass is 226 g/mol. The largest absolute Gasteiger partial charge is 0.495 e. The Morgan fingerprint density at radius 3 is 2.67 bits per heavy atom. The van der Waals surface area contributed by atoms with Gasteiger partial charge in [-0.15, -0.1) is 0 Å². The summed E-state index contributed by atoms with van der Waals surface area (Å²) >= 11 is 5.90. The summed E-state index contributed by atoms with van der Waals surface area (Å²) in [4.78, 5) is 10.8. The number of methoxy groups -OCH3 is 2. The fourth-order valence-electron chi connectivity index (χ4n) is 1.02. The third-order valence-electron chi connectivity index (χ3n) is 1.79. The minimum atomic E-state index is -0.401. The van der Waals surface area contributed by atoms with Gasteiger partial charge in [0.1, 0.15) is 5.75 Å². The van der Waals surface area contributed by atoms with Crippen molar-refractivity contribution in [2.45, 2.75) is 0 Å². The second-order valence-electron chi connectivity index (χ2n) is 2.75. The third-order valence-corrected chi connectivity index (χ3v) is 2.08. The Kier molecular flexibility index (Phi) is 4.18. The van der Waals surface area contributed by atoms with Crippen LogP contribution in [0.25, 0.3) is 6.08 Å². The maximum absolute atomic E-state index is 10.8. The molecule has 0 heterocycles. The van der Waals surface area contributed by atoms with Gasteiger partial charge in [0.25, 0.3) is 0 Å². The van der Waals surface area contributed by atoms with E-state index >= 15 is 0 Å². The summed E-state index contributed by atoms with van der Waals surface area (Å²) in [5, 5.41) is 0.504. The summed E-state index contributed by atoms with van der Waals surface area (Å²) < 4.78 is 9.46. The number of esters is 1. The SMILES string of the molecule is COC(=O)C=Cc1ccc(OC)c(Cl)c1. The molecule has 0 atom stereocenters. The third kappa shape index (κ3) is 3.29. The molecule has 3 nitrogen and oxygen atoms in total.